The van der Waals surface area contributed by atoms with E-state index in [1.165, 1.54) is 0 Å². The molecule has 1 atom stereocenters. The van der Waals surface area contributed by atoms with Crippen molar-refractivity contribution in [3.63, 3.8) is 0 Å². The van der Waals surface area contributed by atoms with Gasteiger partial charge in [0, 0.05) is 29.0 Å². The molecule has 36 heavy (non-hydrogen) atoms. The number of benzene rings is 3. The smallest absolute Gasteiger partial charge is 0.261 e. The molecule has 5 nitrogen and oxygen atoms in total. The van der Waals surface area contributed by atoms with Gasteiger partial charge in [-0.25, -0.2) is 0 Å². The van der Waals surface area contributed by atoms with Crippen molar-refractivity contribution in [2.24, 2.45) is 0 Å². The maximum Gasteiger partial charge on any atom is 0.261 e. The molecule has 0 aliphatic carbocycles. The van der Waals surface area contributed by atoms with E-state index in [9.17, 15) is 9.59 Å². The maximum atomic E-state index is 13.6. The predicted octanol–water partition coefficient (Wildman–Crippen LogP) is 6.35. The first-order valence-electron chi connectivity index (χ1n) is 12.1. The zero-order valence-electron chi connectivity index (χ0n) is 20.7. The lowest BCUT2D eigenvalue weighted by molar-refractivity contribution is -0.142. The van der Waals surface area contributed by atoms with E-state index >= 15 is 0 Å². The minimum absolute atomic E-state index is 0.179. The minimum Gasteiger partial charge on any atom is -0.484 e. The summed E-state index contributed by atoms with van der Waals surface area (Å²) >= 11 is 9.70. The number of carbonyl (C=O) groups is 2. The van der Waals surface area contributed by atoms with E-state index in [2.05, 4.69) is 28.2 Å². The molecule has 190 valence electrons. The van der Waals surface area contributed by atoms with Crippen LogP contribution in [0.5, 0.6) is 5.75 Å². The monoisotopic (exact) mass is 570 g/mol. The Kier molecular flexibility index (Phi) is 10.8. The van der Waals surface area contributed by atoms with Crippen LogP contribution in [0.4, 0.5) is 0 Å². The second kappa shape index (κ2) is 14.0. The molecule has 3 rings (SSSR count). The Morgan fingerprint density at radius 3 is 2.47 bits per heavy atom. The van der Waals surface area contributed by atoms with E-state index in [0.717, 1.165) is 34.0 Å². The molecule has 2 amide bonds. The van der Waals surface area contributed by atoms with Crippen molar-refractivity contribution in [2.45, 2.75) is 45.7 Å². The fraction of sp³-hybridized carbons (Fsp3) is 0.310. The average Bonchev–Trinajstić information content (AvgIpc) is 2.87. The Morgan fingerprint density at radius 2 is 1.78 bits per heavy atom. The summed E-state index contributed by atoms with van der Waals surface area (Å²) in [6.07, 6.45) is 2.23. The highest BCUT2D eigenvalue weighted by molar-refractivity contribution is 9.10. The number of halogens is 2. The lowest BCUT2D eigenvalue weighted by Gasteiger charge is -2.31. The fourth-order valence-corrected chi connectivity index (χ4v) is 4.29. The molecular formula is C29H32BrClN2O3. The van der Waals surface area contributed by atoms with Gasteiger partial charge in [-0.1, -0.05) is 83.3 Å². The maximum absolute atomic E-state index is 13.6. The van der Waals surface area contributed by atoms with Crippen molar-refractivity contribution >= 4 is 39.3 Å². The summed E-state index contributed by atoms with van der Waals surface area (Å²) in [4.78, 5) is 28.6. The summed E-state index contributed by atoms with van der Waals surface area (Å²) in [5.41, 5.74) is 2.82. The molecule has 1 N–H and O–H groups in total. The zero-order chi connectivity index (χ0) is 25.9. The molecule has 0 heterocycles. The van der Waals surface area contributed by atoms with Crippen LogP contribution in [0.15, 0.2) is 77.3 Å². The molecule has 0 fully saturated rings. The van der Waals surface area contributed by atoms with Crippen LogP contribution in [-0.4, -0.2) is 35.9 Å². The largest absolute Gasteiger partial charge is 0.484 e. The van der Waals surface area contributed by atoms with Gasteiger partial charge in [0.1, 0.15) is 11.8 Å². The Bertz CT molecular complexity index is 1160. The molecule has 3 aromatic rings. The van der Waals surface area contributed by atoms with Gasteiger partial charge in [-0.3, -0.25) is 9.59 Å². The number of amides is 2. The third kappa shape index (κ3) is 8.38. The van der Waals surface area contributed by atoms with Gasteiger partial charge < -0.3 is 15.0 Å². The summed E-state index contributed by atoms with van der Waals surface area (Å²) in [5, 5.41) is 3.60. The Morgan fingerprint density at radius 1 is 1.03 bits per heavy atom. The third-order valence-electron chi connectivity index (χ3n) is 5.83. The third-order valence-corrected chi connectivity index (χ3v) is 6.96. The van der Waals surface area contributed by atoms with Gasteiger partial charge in [0.2, 0.25) is 5.91 Å². The number of nitrogens with zero attached hydrogens (tertiary/aromatic N) is 1. The van der Waals surface area contributed by atoms with E-state index in [1.54, 1.807) is 11.0 Å². The lowest BCUT2D eigenvalue weighted by Crippen LogP contribution is -2.51. The molecule has 0 bridgehead atoms. The van der Waals surface area contributed by atoms with Crippen LogP contribution in [-0.2, 0) is 22.6 Å². The van der Waals surface area contributed by atoms with E-state index in [4.69, 9.17) is 16.3 Å². The quantitative estimate of drug-likeness (QED) is 0.258. The first-order valence-corrected chi connectivity index (χ1v) is 13.3. The van der Waals surface area contributed by atoms with Crippen molar-refractivity contribution in [3.8, 4) is 5.75 Å². The number of carbonyl (C=O) groups excluding carboxylic acids is 2. The molecule has 0 aliphatic rings. The molecule has 7 heteroatoms. The Balaban J connectivity index is 1.89. The summed E-state index contributed by atoms with van der Waals surface area (Å²) in [6.45, 7) is 4.65. The number of aryl methyl sites for hydroxylation is 1. The Hall–Kier alpha value is -2.83. The number of nitrogens with one attached hydrogen (secondary N) is 1. The number of rotatable bonds is 12. The van der Waals surface area contributed by atoms with Gasteiger partial charge in [0.05, 0.1) is 0 Å². The van der Waals surface area contributed by atoms with Gasteiger partial charge in [-0.2, -0.15) is 0 Å². The van der Waals surface area contributed by atoms with E-state index < -0.39 is 6.04 Å². The van der Waals surface area contributed by atoms with Crippen LogP contribution < -0.4 is 10.1 Å². The highest BCUT2D eigenvalue weighted by Crippen LogP contribution is 2.22. The van der Waals surface area contributed by atoms with Crippen LogP contribution in [0.25, 0.3) is 0 Å². The standard InChI is InChI=1S/C29H32BrClN2O3/c1-3-4-15-32-29(35)27(18-22-9-6-5-7-10-22)33(19-23-11-8-12-24(31)17-23)28(34)20-36-25-13-14-26(30)21(2)16-25/h5-14,16-17,27H,3-4,15,18-20H2,1-2H3,(H,32,35)/t27-/m0/s1. The molecule has 0 aliphatic heterocycles. The molecule has 0 saturated heterocycles. The van der Waals surface area contributed by atoms with Crippen molar-refractivity contribution in [1.29, 1.82) is 0 Å². The summed E-state index contributed by atoms with van der Waals surface area (Å²) in [7, 11) is 0. The van der Waals surface area contributed by atoms with E-state index in [-0.39, 0.29) is 25.0 Å². The van der Waals surface area contributed by atoms with Crippen LogP contribution >= 0.6 is 27.5 Å². The summed E-state index contributed by atoms with van der Waals surface area (Å²) in [6, 6.07) is 22.0. The highest BCUT2D eigenvalue weighted by Gasteiger charge is 2.30. The molecule has 0 spiro atoms. The molecular weight excluding hydrogens is 540 g/mol. The van der Waals surface area contributed by atoms with Crippen molar-refractivity contribution in [3.05, 3.63) is 99.0 Å². The molecule has 0 radical (unpaired) electrons. The molecule has 3 aromatic carbocycles. The first kappa shape index (κ1) is 27.8. The van der Waals surface area contributed by atoms with Gasteiger partial charge in [0.15, 0.2) is 6.61 Å². The van der Waals surface area contributed by atoms with Gasteiger partial charge in [0.25, 0.3) is 5.91 Å². The van der Waals surface area contributed by atoms with Crippen molar-refractivity contribution in [1.82, 2.24) is 10.2 Å². The van der Waals surface area contributed by atoms with Gasteiger partial charge in [-0.15, -0.1) is 0 Å². The van der Waals surface area contributed by atoms with Crippen LogP contribution in [0.3, 0.4) is 0 Å². The highest BCUT2D eigenvalue weighted by atomic mass is 79.9. The molecule has 0 unspecified atom stereocenters. The topological polar surface area (TPSA) is 58.6 Å². The predicted molar refractivity (Wildman–Crippen MR) is 148 cm³/mol. The number of hydrogen-bond acceptors (Lipinski definition) is 3. The fourth-order valence-electron chi connectivity index (χ4n) is 3.83. The average molecular weight is 572 g/mol. The summed E-state index contributed by atoms with van der Waals surface area (Å²) in [5.74, 6) is 0.142. The number of ether oxygens (including phenoxy) is 1. The second-order valence-corrected chi connectivity index (χ2v) is 9.99. The molecule has 0 aromatic heterocycles. The minimum atomic E-state index is -0.703. The van der Waals surface area contributed by atoms with Crippen LogP contribution in [0.2, 0.25) is 5.02 Å². The Labute approximate surface area is 226 Å². The molecule has 0 saturated carbocycles. The van der Waals surface area contributed by atoms with E-state index in [0.29, 0.717) is 23.7 Å². The van der Waals surface area contributed by atoms with Crippen LogP contribution in [0.1, 0.15) is 36.5 Å². The van der Waals surface area contributed by atoms with Crippen molar-refractivity contribution < 1.29 is 14.3 Å². The zero-order valence-corrected chi connectivity index (χ0v) is 23.0. The SMILES string of the molecule is CCCCNC(=O)[C@H](Cc1ccccc1)N(Cc1cccc(Cl)c1)C(=O)COc1ccc(Br)c(C)c1. The second-order valence-electron chi connectivity index (χ2n) is 8.70. The van der Waals surface area contributed by atoms with Gasteiger partial charge >= 0.3 is 0 Å². The van der Waals surface area contributed by atoms with Gasteiger partial charge in [-0.05, 0) is 60.4 Å². The first-order chi connectivity index (χ1) is 17.4. The lowest BCUT2D eigenvalue weighted by atomic mass is 10.0. The van der Waals surface area contributed by atoms with Crippen molar-refractivity contribution in [2.75, 3.05) is 13.2 Å². The normalized spacial score (nSPS) is 11.6. The van der Waals surface area contributed by atoms with Crippen LogP contribution in [0, 0.1) is 6.92 Å². The summed E-state index contributed by atoms with van der Waals surface area (Å²) < 4.78 is 6.82. The van der Waals surface area contributed by atoms with E-state index in [1.807, 2.05) is 73.7 Å². The number of hydrogen-bond donors (Lipinski definition) is 1. The number of unbranched alkanes of at least 4 members (excludes halogenated alkanes) is 1.